The zero-order chi connectivity index (χ0) is 12.8. The highest BCUT2D eigenvalue weighted by Crippen LogP contribution is 2.11. The highest BCUT2D eigenvalue weighted by Gasteiger charge is 2.19. The van der Waals surface area contributed by atoms with E-state index >= 15 is 0 Å². The number of rotatable bonds is 5. The molecule has 1 heterocycles. The first-order chi connectivity index (χ1) is 8.06. The van der Waals surface area contributed by atoms with E-state index in [1.807, 2.05) is 0 Å². The fourth-order valence-electron chi connectivity index (χ4n) is 1.11. The number of aromatic hydroxyl groups is 1. The zero-order valence-electron chi connectivity index (χ0n) is 9.08. The molecule has 7 heteroatoms. The molecule has 0 saturated carbocycles. The van der Waals surface area contributed by atoms with Crippen LogP contribution in [0.5, 0.6) is 5.75 Å². The molecule has 1 amide bonds. The van der Waals surface area contributed by atoms with Crippen LogP contribution in [0.1, 0.15) is 10.5 Å². The highest BCUT2D eigenvalue weighted by molar-refractivity contribution is 5.95. The highest BCUT2D eigenvalue weighted by atomic mass is 16.5. The number of nitrogens with one attached hydrogen (secondary N) is 1. The van der Waals surface area contributed by atoms with Crippen molar-refractivity contribution in [3.63, 3.8) is 0 Å². The van der Waals surface area contributed by atoms with Crippen LogP contribution in [0.2, 0.25) is 0 Å². The molecule has 0 aromatic carbocycles. The predicted octanol–water partition coefficient (Wildman–Crippen LogP) is -0.383. The van der Waals surface area contributed by atoms with Crippen molar-refractivity contribution in [1.29, 1.82) is 0 Å². The average Bonchev–Trinajstić information content (AvgIpc) is 2.29. The number of aromatic nitrogens is 1. The van der Waals surface area contributed by atoms with Gasteiger partial charge in [-0.15, -0.1) is 0 Å². The number of hydrogen-bond donors (Lipinski definition) is 3. The van der Waals surface area contributed by atoms with Gasteiger partial charge in [0.05, 0.1) is 6.54 Å². The van der Waals surface area contributed by atoms with Crippen LogP contribution in [0.25, 0.3) is 0 Å². The maximum absolute atomic E-state index is 11.5. The fraction of sp³-hybridized carbons (Fsp3) is 0.300. The van der Waals surface area contributed by atoms with Gasteiger partial charge in [-0.3, -0.25) is 4.79 Å². The maximum atomic E-state index is 11.5. The lowest BCUT2D eigenvalue weighted by Crippen LogP contribution is -2.38. The summed E-state index contributed by atoms with van der Waals surface area (Å²) in [6.45, 7) is -0.208. The standard InChI is InChI=1S/C10H12N2O5/c1-17-7(10(15)16)5-12-9(14)8-6(13)3-2-4-11-8/h2-4,7,13H,5H2,1H3,(H,12,14)(H,15,16). The number of amides is 1. The van der Waals surface area contributed by atoms with Crippen molar-refractivity contribution < 1.29 is 24.5 Å². The normalized spacial score (nSPS) is 11.8. The number of carboxylic acids is 1. The van der Waals surface area contributed by atoms with E-state index < -0.39 is 18.0 Å². The van der Waals surface area contributed by atoms with Gasteiger partial charge in [-0.25, -0.2) is 9.78 Å². The van der Waals surface area contributed by atoms with Crippen LogP contribution in [0.4, 0.5) is 0 Å². The first kappa shape index (κ1) is 12.9. The summed E-state index contributed by atoms with van der Waals surface area (Å²) in [5.41, 5.74) is -0.159. The van der Waals surface area contributed by atoms with E-state index in [1.165, 1.54) is 25.4 Å². The molecule has 0 saturated heterocycles. The van der Waals surface area contributed by atoms with E-state index in [1.54, 1.807) is 0 Å². The van der Waals surface area contributed by atoms with E-state index in [9.17, 15) is 14.7 Å². The molecule has 1 atom stereocenters. The molecule has 0 spiro atoms. The monoisotopic (exact) mass is 240 g/mol. The molecule has 0 aliphatic heterocycles. The topological polar surface area (TPSA) is 109 Å². The molecular weight excluding hydrogens is 228 g/mol. The van der Waals surface area contributed by atoms with Gasteiger partial charge in [-0.1, -0.05) is 0 Å². The zero-order valence-corrected chi connectivity index (χ0v) is 9.08. The van der Waals surface area contributed by atoms with E-state index in [0.717, 1.165) is 0 Å². The van der Waals surface area contributed by atoms with E-state index in [-0.39, 0.29) is 18.0 Å². The van der Waals surface area contributed by atoms with Gasteiger partial charge in [0.15, 0.2) is 11.8 Å². The molecule has 0 radical (unpaired) electrons. The first-order valence-electron chi connectivity index (χ1n) is 4.74. The Labute approximate surface area is 97.1 Å². The molecule has 3 N–H and O–H groups in total. The van der Waals surface area contributed by atoms with Gasteiger partial charge in [0.1, 0.15) is 5.75 Å². The van der Waals surface area contributed by atoms with Gasteiger partial charge in [0.2, 0.25) is 0 Å². The number of methoxy groups -OCH3 is 1. The Hall–Kier alpha value is -2.15. The number of ether oxygens (including phenoxy) is 1. The molecule has 0 aliphatic rings. The summed E-state index contributed by atoms with van der Waals surface area (Å²) in [7, 11) is 1.23. The molecule has 1 aromatic heterocycles. The van der Waals surface area contributed by atoms with Crippen molar-refractivity contribution in [2.75, 3.05) is 13.7 Å². The Kier molecular flexibility index (Phi) is 4.41. The van der Waals surface area contributed by atoms with Crippen molar-refractivity contribution in [1.82, 2.24) is 10.3 Å². The lowest BCUT2D eigenvalue weighted by molar-refractivity contribution is -0.148. The largest absolute Gasteiger partial charge is 0.505 e. The first-order valence-corrected chi connectivity index (χ1v) is 4.74. The minimum Gasteiger partial charge on any atom is -0.505 e. The van der Waals surface area contributed by atoms with Gasteiger partial charge < -0.3 is 20.3 Å². The van der Waals surface area contributed by atoms with E-state index in [2.05, 4.69) is 15.0 Å². The quantitative estimate of drug-likeness (QED) is 0.647. The smallest absolute Gasteiger partial charge is 0.334 e. The third-order valence-corrected chi connectivity index (χ3v) is 2.01. The third kappa shape index (κ3) is 3.42. The van der Waals surface area contributed by atoms with Crippen LogP contribution >= 0.6 is 0 Å². The van der Waals surface area contributed by atoms with Crippen molar-refractivity contribution >= 4 is 11.9 Å². The number of carbonyl (C=O) groups excluding carboxylic acids is 1. The molecule has 1 rings (SSSR count). The Bertz CT molecular complexity index is 421. The van der Waals surface area contributed by atoms with Gasteiger partial charge in [0.25, 0.3) is 5.91 Å². The van der Waals surface area contributed by atoms with E-state index in [0.29, 0.717) is 0 Å². The van der Waals surface area contributed by atoms with E-state index in [4.69, 9.17) is 5.11 Å². The molecule has 17 heavy (non-hydrogen) atoms. The number of aliphatic carboxylic acids is 1. The second kappa shape index (κ2) is 5.80. The minimum absolute atomic E-state index is 0.159. The van der Waals surface area contributed by atoms with Crippen molar-refractivity contribution in [2.24, 2.45) is 0 Å². The average molecular weight is 240 g/mol. The molecule has 0 fully saturated rings. The number of nitrogens with zero attached hydrogens (tertiary/aromatic N) is 1. The lowest BCUT2D eigenvalue weighted by atomic mass is 10.3. The summed E-state index contributed by atoms with van der Waals surface area (Å²) in [4.78, 5) is 25.8. The predicted molar refractivity (Wildman–Crippen MR) is 56.7 cm³/mol. The van der Waals surface area contributed by atoms with Crippen LogP contribution in [0.3, 0.4) is 0 Å². The summed E-state index contributed by atoms with van der Waals surface area (Å²) in [5.74, 6) is -2.11. The van der Waals surface area contributed by atoms with Gasteiger partial charge in [-0.05, 0) is 12.1 Å². The molecule has 0 bridgehead atoms. The maximum Gasteiger partial charge on any atom is 0.334 e. The number of pyridine rings is 1. The summed E-state index contributed by atoms with van der Waals surface area (Å²) >= 11 is 0. The van der Waals surface area contributed by atoms with Crippen LogP contribution in [0, 0.1) is 0 Å². The molecule has 1 unspecified atom stereocenters. The Morgan fingerprint density at radius 2 is 2.29 bits per heavy atom. The number of hydrogen-bond acceptors (Lipinski definition) is 5. The van der Waals surface area contributed by atoms with Gasteiger partial charge >= 0.3 is 5.97 Å². The Balaban J connectivity index is 2.62. The van der Waals surface area contributed by atoms with Crippen LogP contribution in [-0.2, 0) is 9.53 Å². The summed E-state index contributed by atoms with van der Waals surface area (Å²) in [6.07, 6.45) is 0.212. The van der Waals surface area contributed by atoms with Gasteiger partial charge in [-0.2, -0.15) is 0 Å². The summed E-state index contributed by atoms with van der Waals surface area (Å²) in [6, 6.07) is 2.79. The summed E-state index contributed by atoms with van der Waals surface area (Å²) < 4.78 is 4.63. The third-order valence-electron chi connectivity index (χ3n) is 2.01. The SMILES string of the molecule is COC(CNC(=O)c1ncccc1O)C(=O)O. The van der Waals surface area contributed by atoms with Crippen molar-refractivity contribution in [3.8, 4) is 5.75 Å². The van der Waals surface area contributed by atoms with Crippen molar-refractivity contribution in [2.45, 2.75) is 6.10 Å². The van der Waals surface area contributed by atoms with Crippen LogP contribution < -0.4 is 5.32 Å². The molecule has 0 aliphatic carbocycles. The van der Waals surface area contributed by atoms with Crippen LogP contribution in [0.15, 0.2) is 18.3 Å². The molecule has 7 nitrogen and oxygen atoms in total. The van der Waals surface area contributed by atoms with Crippen LogP contribution in [-0.4, -0.2) is 46.8 Å². The second-order valence-electron chi connectivity index (χ2n) is 3.14. The number of carboxylic acid groups (broad SMARTS) is 1. The Morgan fingerprint density at radius 1 is 1.59 bits per heavy atom. The fourth-order valence-corrected chi connectivity index (χ4v) is 1.11. The van der Waals surface area contributed by atoms with Crippen molar-refractivity contribution in [3.05, 3.63) is 24.0 Å². The molecule has 1 aromatic rings. The van der Waals surface area contributed by atoms with Gasteiger partial charge in [0, 0.05) is 13.3 Å². The lowest BCUT2D eigenvalue weighted by Gasteiger charge is -2.11. The molecule has 92 valence electrons. The number of carbonyl (C=O) groups is 2. The Morgan fingerprint density at radius 3 is 2.82 bits per heavy atom. The minimum atomic E-state index is -1.18. The molecular formula is C10H12N2O5. The second-order valence-corrected chi connectivity index (χ2v) is 3.14. The summed E-state index contributed by atoms with van der Waals surface area (Å²) in [5, 5.41) is 20.3.